The van der Waals surface area contributed by atoms with E-state index in [2.05, 4.69) is 4.98 Å². The van der Waals surface area contributed by atoms with Crippen molar-refractivity contribution in [3.8, 4) is 0 Å². The normalized spacial score (nSPS) is 15.7. The Morgan fingerprint density at radius 1 is 1.32 bits per heavy atom. The molecule has 0 atom stereocenters. The predicted octanol–water partition coefficient (Wildman–Crippen LogP) is 3.06. The van der Waals surface area contributed by atoms with Gasteiger partial charge in [-0.2, -0.15) is 0 Å². The van der Waals surface area contributed by atoms with Gasteiger partial charge in [0.15, 0.2) is 0 Å². The van der Waals surface area contributed by atoms with E-state index in [-0.39, 0.29) is 5.91 Å². The number of halogens is 1. The third kappa shape index (κ3) is 2.41. The summed E-state index contributed by atoms with van der Waals surface area (Å²) in [6, 6.07) is 9.35. The van der Waals surface area contributed by atoms with Crippen LogP contribution in [0.1, 0.15) is 23.3 Å². The summed E-state index contributed by atoms with van der Waals surface area (Å²) >= 11 is 6.12. The van der Waals surface area contributed by atoms with E-state index in [0.717, 1.165) is 23.6 Å². The largest absolute Gasteiger partial charge is 0.296 e. The maximum absolute atomic E-state index is 12.3. The highest BCUT2D eigenvalue weighted by atomic mass is 35.5. The summed E-state index contributed by atoms with van der Waals surface area (Å²) in [6.07, 6.45) is 1.93. The number of nitrogens with zero attached hydrogens (tertiary/aromatic N) is 2. The Kier molecular flexibility index (Phi) is 3.36. The SMILES string of the molecule is O=C(c1cc2ccccc2c(Cl)n1)N1CCCCO1. The first-order chi connectivity index (χ1) is 9.25. The van der Waals surface area contributed by atoms with Crippen LogP contribution in [0.15, 0.2) is 30.3 Å². The summed E-state index contributed by atoms with van der Waals surface area (Å²) in [7, 11) is 0. The first-order valence-corrected chi connectivity index (χ1v) is 6.63. The maximum Gasteiger partial charge on any atom is 0.296 e. The van der Waals surface area contributed by atoms with Crippen molar-refractivity contribution in [2.45, 2.75) is 12.8 Å². The minimum Gasteiger partial charge on any atom is -0.271 e. The second kappa shape index (κ2) is 5.15. The molecule has 1 amide bonds. The van der Waals surface area contributed by atoms with E-state index in [1.165, 1.54) is 5.06 Å². The van der Waals surface area contributed by atoms with Crippen molar-refractivity contribution in [1.29, 1.82) is 0 Å². The van der Waals surface area contributed by atoms with Gasteiger partial charge in [0.1, 0.15) is 10.8 Å². The molecule has 0 unspecified atom stereocenters. The van der Waals surface area contributed by atoms with Crippen molar-refractivity contribution in [3.05, 3.63) is 41.2 Å². The van der Waals surface area contributed by atoms with Crippen LogP contribution in [0.25, 0.3) is 10.8 Å². The van der Waals surface area contributed by atoms with Gasteiger partial charge in [-0.1, -0.05) is 35.9 Å². The Labute approximate surface area is 115 Å². The predicted molar refractivity (Wildman–Crippen MR) is 73.0 cm³/mol. The number of pyridine rings is 1. The van der Waals surface area contributed by atoms with E-state index >= 15 is 0 Å². The fraction of sp³-hybridized carbons (Fsp3) is 0.286. The standard InChI is InChI=1S/C14H13ClN2O2/c15-13-11-6-2-1-5-10(11)9-12(16-13)14(18)17-7-3-4-8-19-17/h1-2,5-6,9H,3-4,7-8H2. The molecule has 0 radical (unpaired) electrons. The summed E-state index contributed by atoms with van der Waals surface area (Å²) in [6.45, 7) is 1.18. The summed E-state index contributed by atoms with van der Waals surface area (Å²) in [5, 5.41) is 3.47. The lowest BCUT2D eigenvalue weighted by Gasteiger charge is -2.25. The van der Waals surface area contributed by atoms with E-state index < -0.39 is 0 Å². The zero-order valence-corrected chi connectivity index (χ0v) is 11.1. The highest BCUT2D eigenvalue weighted by molar-refractivity contribution is 6.34. The summed E-state index contributed by atoms with van der Waals surface area (Å²) < 4.78 is 0. The Morgan fingerprint density at radius 3 is 2.95 bits per heavy atom. The lowest BCUT2D eigenvalue weighted by molar-refractivity contribution is -0.144. The van der Waals surface area contributed by atoms with E-state index in [9.17, 15) is 4.79 Å². The number of fused-ring (bicyclic) bond motifs is 1. The van der Waals surface area contributed by atoms with Crippen LogP contribution in [0, 0.1) is 0 Å². The van der Waals surface area contributed by atoms with Gasteiger partial charge in [-0.3, -0.25) is 9.63 Å². The number of hydrogen-bond donors (Lipinski definition) is 0. The monoisotopic (exact) mass is 276 g/mol. The van der Waals surface area contributed by atoms with Gasteiger partial charge in [-0.25, -0.2) is 10.0 Å². The van der Waals surface area contributed by atoms with Crippen LogP contribution < -0.4 is 0 Å². The number of rotatable bonds is 1. The second-order valence-electron chi connectivity index (χ2n) is 4.47. The lowest BCUT2D eigenvalue weighted by Crippen LogP contribution is -2.36. The van der Waals surface area contributed by atoms with Crippen LogP contribution in [0.3, 0.4) is 0 Å². The molecule has 5 heteroatoms. The number of aromatic nitrogens is 1. The number of carbonyl (C=O) groups is 1. The van der Waals surface area contributed by atoms with E-state index in [0.29, 0.717) is 24.0 Å². The second-order valence-corrected chi connectivity index (χ2v) is 4.83. The third-order valence-electron chi connectivity index (χ3n) is 3.14. The zero-order chi connectivity index (χ0) is 13.2. The average Bonchev–Trinajstić information content (AvgIpc) is 2.47. The first-order valence-electron chi connectivity index (χ1n) is 6.26. The number of benzene rings is 1. The molecular weight excluding hydrogens is 264 g/mol. The molecule has 0 spiro atoms. The van der Waals surface area contributed by atoms with Crippen molar-refractivity contribution in [2.75, 3.05) is 13.2 Å². The molecule has 2 aromatic rings. The topological polar surface area (TPSA) is 42.4 Å². The lowest BCUT2D eigenvalue weighted by atomic mass is 10.1. The molecule has 1 aromatic carbocycles. The van der Waals surface area contributed by atoms with Crippen molar-refractivity contribution < 1.29 is 9.63 Å². The van der Waals surface area contributed by atoms with Crippen molar-refractivity contribution in [2.24, 2.45) is 0 Å². The Hall–Kier alpha value is -1.65. The Bertz CT molecular complexity index is 624. The number of amides is 1. The first kappa shape index (κ1) is 12.4. The van der Waals surface area contributed by atoms with Crippen LogP contribution >= 0.6 is 11.6 Å². The smallest absolute Gasteiger partial charge is 0.271 e. The molecule has 4 nitrogen and oxygen atoms in total. The Balaban J connectivity index is 1.98. The maximum atomic E-state index is 12.3. The van der Waals surface area contributed by atoms with E-state index in [4.69, 9.17) is 16.4 Å². The van der Waals surface area contributed by atoms with Gasteiger partial charge in [-0.05, 0) is 24.3 Å². The quantitative estimate of drug-likeness (QED) is 0.752. The molecule has 19 heavy (non-hydrogen) atoms. The molecule has 0 aliphatic carbocycles. The zero-order valence-electron chi connectivity index (χ0n) is 10.3. The molecule has 0 bridgehead atoms. The van der Waals surface area contributed by atoms with Crippen LogP contribution in [-0.2, 0) is 4.84 Å². The highest BCUT2D eigenvalue weighted by Gasteiger charge is 2.21. The van der Waals surface area contributed by atoms with E-state index in [1.807, 2.05) is 24.3 Å². The molecule has 1 aromatic heterocycles. The molecule has 0 saturated carbocycles. The fourth-order valence-electron chi connectivity index (χ4n) is 2.15. The van der Waals surface area contributed by atoms with Crippen LogP contribution in [0.4, 0.5) is 0 Å². The molecule has 1 fully saturated rings. The molecule has 1 aliphatic heterocycles. The molecule has 2 heterocycles. The molecule has 1 aliphatic rings. The summed E-state index contributed by atoms with van der Waals surface area (Å²) in [4.78, 5) is 21.8. The molecule has 0 N–H and O–H groups in total. The van der Waals surface area contributed by atoms with E-state index in [1.54, 1.807) is 6.07 Å². The fourth-order valence-corrected chi connectivity index (χ4v) is 2.41. The van der Waals surface area contributed by atoms with Crippen molar-refractivity contribution >= 4 is 28.3 Å². The molecular formula is C14H13ClN2O2. The minimum atomic E-state index is -0.229. The average molecular weight is 277 g/mol. The van der Waals surface area contributed by atoms with Gasteiger partial charge in [-0.15, -0.1) is 0 Å². The Morgan fingerprint density at radius 2 is 2.16 bits per heavy atom. The van der Waals surface area contributed by atoms with Crippen molar-refractivity contribution in [1.82, 2.24) is 10.0 Å². The van der Waals surface area contributed by atoms with Gasteiger partial charge in [0.05, 0.1) is 6.61 Å². The molecule has 98 valence electrons. The van der Waals surface area contributed by atoms with Gasteiger partial charge >= 0.3 is 0 Å². The molecule has 1 saturated heterocycles. The highest BCUT2D eigenvalue weighted by Crippen LogP contribution is 2.23. The van der Waals surface area contributed by atoms with Gasteiger partial charge in [0.25, 0.3) is 5.91 Å². The van der Waals surface area contributed by atoms with Crippen LogP contribution in [0.5, 0.6) is 0 Å². The van der Waals surface area contributed by atoms with Crippen LogP contribution in [0.2, 0.25) is 5.15 Å². The number of carbonyl (C=O) groups excluding carboxylic acids is 1. The van der Waals surface area contributed by atoms with Gasteiger partial charge < -0.3 is 0 Å². The van der Waals surface area contributed by atoms with Gasteiger partial charge in [0.2, 0.25) is 0 Å². The number of hydrogen-bond acceptors (Lipinski definition) is 3. The third-order valence-corrected chi connectivity index (χ3v) is 3.43. The number of hydroxylamine groups is 2. The van der Waals surface area contributed by atoms with Crippen molar-refractivity contribution in [3.63, 3.8) is 0 Å². The van der Waals surface area contributed by atoms with Crippen LogP contribution in [-0.4, -0.2) is 29.1 Å². The molecule has 3 rings (SSSR count). The van der Waals surface area contributed by atoms with Gasteiger partial charge in [0, 0.05) is 11.9 Å². The summed E-state index contributed by atoms with van der Waals surface area (Å²) in [5.41, 5.74) is 0.325. The summed E-state index contributed by atoms with van der Waals surface area (Å²) in [5.74, 6) is -0.229. The minimum absolute atomic E-state index is 0.229.